The van der Waals surface area contributed by atoms with Gasteiger partial charge < -0.3 is 0 Å². The second kappa shape index (κ2) is 6.50. The summed E-state index contributed by atoms with van der Waals surface area (Å²) in [6, 6.07) is 0. The highest BCUT2D eigenvalue weighted by atomic mass is 32.1. The molecular weight excluding hydrogens is 355 g/mol. The van der Waals surface area contributed by atoms with Gasteiger partial charge in [0, 0.05) is 11.1 Å². The SMILES string of the molecule is Cc1c(S)cnc2c1ncn2C(F)(F)F.O=[N+]([O-])c1cncs1. The number of rotatable bonds is 1. The predicted molar refractivity (Wildman–Crippen MR) is 79.6 cm³/mol. The highest BCUT2D eigenvalue weighted by molar-refractivity contribution is 7.80. The summed E-state index contributed by atoms with van der Waals surface area (Å²) in [6.45, 7) is 1.65. The lowest BCUT2D eigenvalue weighted by Gasteiger charge is -2.07. The number of aryl methyl sites for hydroxylation is 1. The molecule has 3 aromatic rings. The van der Waals surface area contributed by atoms with Gasteiger partial charge in [-0.25, -0.2) is 19.5 Å². The third-order valence-corrected chi connectivity index (χ3v) is 3.84. The number of hydrogen-bond donors (Lipinski definition) is 1. The first kappa shape index (κ1) is 17.1. The Morgan fingerprint density at radius 2 is 2.04 bits per heavy atom. The molecule has 0 bridgehead atoms. The van der Waals surface area contributed by atoms with Gasteiger partial charge in [-0.1, -0.05) is 0 Å². The molecule has 0 amide bonds. The van der Waals surface area contributed by atoms with Gasteiger partial charge in [0.05, 0.1) is 10.4 Å². The lowest BCUT2D eigenvalue weighted by molar-refractivity contribution is -0.380. The molecule has 0 unspecified atom stereocenters. The van der Waals surface area contributed by atoms with Crippen molar-refractivity contribution in [1.29, 1.82) is 0 Å². The van der Waals surface area contributed by atoms with E-state index < -0.39 is 11.2 Å². The van der Waals surface area contributed by atoms with E-state index in [1.54, 1.807) is 6.92 Å². The minimum atomic E-state index is -4.49. The average Bonchev–Trinajstić information content (AvgIpc) is 3.11. The third-order valence-electron chi connectivity index (χ3n) is 2.66. The Bertz CT molecular complexity index is 832. The van der Waals surface area contributed by atoms with Crippen LogP contribution in [0.1, 0.15) is 5.56 Å². The average molecular weight is 363 g/mol. The molecule has 0 aliphatic rings. The maximum absolute atomic E-state index is 12.4. The van der Waals surface area contributed by atoms with Crippen molar-refractivity contribution >= 4 is 40.1 Å². The minimum absolute atomic E-state index is 0.0859. The highest BCUT2D eigenvalue weighted by Crippen LogP contribution is 2.28. The number of thiazole rings is 1. The summed E-state index contributed by atoms with van der Waals surface area (Å²) >= 11 is 5.08. The van der Waals surface area contributed by atoms with Crippen molar-refractivity contribution < 1.29 is 18.1 Å². The second-order valence-corrected chi connectivity index (χ2v) is 5.47. The summed E-state index contributed by atoms with van der Waals surface area (Å²) in [5.74, 6) is 0. The zero-order valence-corrected chi connectivity index (χ0v) is 13.1. The number of aromatic nitrogens is 4. The number of alkyl halides is 3. The van der Waals surface area contributed by atoms with Crippen molar-refractivity contribution in [2.24, 2.45) is 0 Å². The quantitative estimate of drug-likeness (QED) is 0.406. The number of pyridine rings is 1. The molecule has 3 rings (SSSR count). The standard InChI is InChI=1S/C8H6F3N3S.C3H2N2O2S/c1-4-5(15)2-12-7-6(4)13-3-14(7)8(9,10)11;6-5(7)3-1-4-2-8-3/h2-3,15H,1H3;1-2H. The van der Waals surface area contributed by atoms with Crippen molar-refractivity contribution in [2.45, 2.75) is 18.1 Å². The molecule has 0 aliphatic heterocycles. The van der Waals surface area contributed by atoms with Gasteiger partial charge in [0.1, 0.15) is 18.0 Å². The Hall–Kier alpha value is -2.21. The molecule has 7 nitrogen and oxygen atoms in total. The molecule has 0 N–H and O–H groups in total. The fourth-order valence-electron chi connectivity index (χ4n) is 1.56. The molecular formula is C11H8F3N5O2S2. The van der Waals surface area contributed by atoms with Crippen molar-refractivity contribution in [1.82, 2.24) is 19.5 Å². The van der Waals surface area contributed by atoms with Crippen LogP contribution in [0, 0.1) is 17.0 Å². The van der Waals surface area contributed by atoms with Gasteiger partial charge in [-0.15, -0.1) is 25.8 Å². The maximum atomic E-state index is 12.4. The third kappa shape index (κ3) is 3.76. The first-order valence-electron chi connectivity index (χ1n) is 5.83. The normalized spacial score (nSPS) is 11.2. The van der Waals surface area contributed by atoms with Gasteiger partial charge in [-0.3, -0.25) is 10.1 Å². The first-order chi connectivity index (χ1) is 10.7. The summed E-state index contributed by atoms with van der Waals surface area (Å²) in [5, 5.41) is 9.93. The van der Waals surface area contributed by atoms with Gasteiger partial charge in [0.2, 0.25) is 0 Å². The van der Waals surface area contributed by atoms with Crippen LogP contribution in [0.2, 0.25) is 0 Å². The minimum Gasteiger partial charge on any atom is -0.257 e. The molecule has 12 heteroatoms. The number of fused-ring (bicyclic) bond motifs is 1. The Kier molecular flexibility index (Phi) is 4.85. The zero-order valence-electron chi connectivity index (χ0n) is 11.4. The van der Waals surface area contributed by atoms with E-state index >= 15 is 0 Å². The summed E-state index contributed by atoms with van der Waals surface area (Å²) in [7, 11) is 0. The fourth-order valence-corrected chi connectivity index (χ4v) is 2.16. The van der Waals surface area contributed by atoms with Crippen molar-refractivity contribution in [3.05, 3.63) is 39.9 Å². The molecule has 0 spiro atoms. The smallest absolute Gasteiger partial charge is 0.257 e. The fraction of sp³-hybridized carbons (Fsp3) is 0.182. The topological polar surface area (TPSA) is 86.7 Å². The first-order valence-corrected chi connectivity index (χ1v) is 7.16. The Morgan fingerprint density at radius 3 is 2.52 bits per heavy atom. The van der Waals surface area contributed by atoms with Crippen LogP contribution in [0.4, 0.5) is 18.2 Å². The molecule has 23 heavy (non-hydrogen) atoms. The van der Waals surface area contributed by atoms with Crippen LogP contribution in [0.15, 0.2) is 29.1 Å². The van der Waals surface area contributed by atoms with E-state index in [2.05, 4.69) is 27.6 Å². The van der Waals surface area contributed by atoms with E-state index in [4.69, 9.17) is 0 Å². The second-order valence-electron chi connectivity index (χ2n) is 4.12. The highest BCUT2D eigenvalue weighted by Gasteiger charge is 2.33. The zero-order chi connectivity index (χ0) is 17.2. The number of nitro groups is 1. The van der Waals surface area contributed by atoms with Crippen molar-refractivity contribution in [3.63, 3.8) is 0 Å². The number of imidazole rings is 1. The van der Waals surface area contributed by atoms with Crippen LogP contribution in [-0.2, 0) is 6.30 Å². The van der Waals surface area contributed by atoms with Crippen LogP contribution in [0.25, 0.3) is 11.2 Å². The molecule has 0 radical (unpaired) electrons. The monoisotopic (exact) mass is 363 g/mol. The van der Waals surface area contributed by atoms with Gasteiger partial charge in [0.25, 0.3) is 0 Å². The number of hydrogen-bond acceptors (Lipinski definition) is 7. The molecule has 0 atom stereocenters. The molecule has 0 saturated heterocycles. The molecule has 0 aromatic carbocycles. The summed E-state index contributed by atoms with van der Waals surface area (Å²) in [6.07, 6.45) is -1.26. The molecule has 3 aromatic heterocycles. The molecule has 0 saturated carbocycles. The lowest BCUT2D eigenvalue weighted by Crippen LogP contribution is -2.15. The summed E-state index contributed by atoms with van der Waals surface area (Å²) < 4.78 is 37.4. The van der Waals surface area contributed by atoms with Gasteiger partial charge in [-0.05, 0) is 23.8 Å². The van der Waals surface area contributed by atoms with Crippen molar-refractivity contribution in [3.8, 4) is 0 Å². The van der Waals surface area contributed by atoms with E-state index in [1.807, 2.05) is 0 Å². The van der Waals surface area contributed by atoms with Gasteiger partial charge >= 0.3 is 11.3 Å². The van der Waals surface area contributed by atoms with E-state index in [-0.39, 0.29) is 20.7 Å². The number of halogens is 3. The number of thiol groups is 1. The van der Waals surface area contributed by atoms with Crippen LogP contribution in [0.3, 0.4) is 0 Å². The Balaban J connectivity index is 0.000000203. The van der Waals surface area contributed by atoms with E-state index in [0.29, 0.717) is 10.5 Å². The van der Waals surface area contributed by atoms with Gasteiger partial charge in [-0.2, -0.15) is 0 Å². The Morgan fingerprint density at radius 1 is 1.35 bits per heavy atom. The largest absolute Gasteiger partial charge is 0.491 e. The van der Waals surface area contributed by atoms with Crippen LogP contribution in [-0.4, -0.2) is 24.4 Å². The molecule has 122 valence electrons. The van der Waals surface area contributed by atoms with Crippen LogP contribution >= 0.6 is 24.0 Å². The summed E-state index contributed by atoms with van der Waals surface area (Å²) in [4.78, 5) is 20.8. The van der Waals surface area contributed by atoms with Crippen LogP contribution < -0.4 is 0 Å². The lowest BCUT2D eigenvalue weighted by atomic mass is 10.3. The summed E-state index contributed by atoms with van der Waals surface area (Å²) in [5.41, 5.74) is 2.04. The molecule has 0 aliphatic carbocycles. The Labute approximate surface area is 136 Å². The predicted octanol–water partition coefficient (Wildman–Crippen LogP) is 3.56. The number of nitrogens with zero attached hydrogens (tertiary/aromatic N) is 5. The van der Waals surface area contributed by atoms with E-state index in [9.17, 15) is 23.3 Å². The van der Waals surface area contributed by atoms with Crippen LogP contribution in [0.5, 0.6) is 0 Å². The van der Waals surface area contributed by atoms with Gasteiger partial charge in [0.15, 0.2) is 5.65 Å². The van der Waals surface area contributed by atoms with E-state index in [0.717, 1.165) is 17.7 Å². The maximum Gasteiger partial charge on any atom is 0.491 e. The van der Waals surface area contributed by atoms with E-state index in [1.165, 1.54) is 17.9 Å². The van der Waals surface area contributed by atoms with Crippen molar-refractivity contribution in [2.75, 3.05) is 0 Å². The molecule has 0 fully saturated rings. The molecule has 3 heterocycles.